The first kappa shape index (κ1) is 12.0. The molecule has 0 radical (unpaired) electrons. The van der Waals surface area contributed by atoms with Gasteiger partial charge in [0.05, 0.1) is 4.90 Å². The van der Waals surface area contributed by atoms with Crippen LogP contribution in [-0.2, 0) is 17.5 Å². The van der Waals surface area contributed by atoms with Gasteiger partial charge in [-0.1, -0.05) is 42.5 Å². The minimum absolute atomic E-state index is 0.496. The highest BCUT2D eigenvalue weighted by Crippen LogP contribution is 2.18. The highest BCUT2D eigenvalue weighted by atomic mass is 32.2. The molecule has 0 aromatic heterocycles. The predicted octanol–water partition coefficient (Wildman–Crippen LogP) is 3.17. The van der Waals surface area contributed by atoms with Crippen molar-refractivity contribution in [1.82, 2.24) is 0 Å². The topological polar surface area (TPSA) is 37.3 Å². The SMILES string of the molecule is Cc1ccccc1Cc1ccccc1S(=O)O. The van der Waals surface area contributed by atoms with Crippen LogP contribution < -0.4 is 0 Å². The van der Waals surface area contributed by atoms with Crippen molar-refractivity contribution >= 4 is 11.1 Å². The van der Waals surface area contributed by atoms with Crippen LogP contribution in [0.2, 0.25) is 0 Å². The van der Waals surface area contributed by atoms with E-state index in [2.05, 4.69) is 0 Å². The minimum atomic E-state index is -1.92. The second-order valence-electron chi connectivity index (χ2n) is 3.96. The van der Waals surface area contributed by atoms with Crippen molar-refractivity contribution in [2.45, 2.75) is 18.2 Å². The van der Waals surface area contributed by atoms with Crippen molar-refractivity contribution in [3.8, 4) is 0 Å². The monoisotopic (exact) mass is 246 g/mol. The molecule has 0 fully saturated rings. The van der Waals surface area contributed by atoms with Crippen LogP contribution >= 0.6 is 0 Å². The van der Waals surface area contributed by atoms with Crippen LogP contribution in [0.3, 0.4) is 0 Å². The lowest BCUT2D eigenvalue weighted by atomic mass is 10.0. The Bertz CT molecular complexity index is 549. The molecule has 0 saturated heterocycles. The molecule has 0 heterocycles. The quantitative estimate of drug-likeness (QED) is 0.845. The summed E-state index contributed by atoms with van der Waals surface area (Å²) in [5.41, 5.74) is 3.29. The van der Waals surface area contributed by atoms with Gasteiger partial charge >= 0.3 is 0 Å². The van der Waals surface area contributed by atoms with Crippen LogP contribution in [0, 0.1) is 6.92 Å². The molecule has 2 aromatic carbocycles. The van der Waals surface area contributed by atoms with Crippen molar-refractivity contribution in [2.75, 3.05) is 0 Å². The van der Waals surface area contributed by atoms with Crippen molar-refractivity contribution in [3.63, 3.8) is 0 Å². The molecule has 2 nitrogen and oxygen atoms in total. The second-order valence-corrected chi connectivity index (χ2v) is 4.90. The first-order valence-electron chi connectivity index (χ1n) is 5.42. The third-order valence-electron chi connectivity index (χ3n) is 2.80. The molecule has 3 heteroatoms. The Labute approximate surface area is 104 Å². The van der Waals surface area contributed by atoms with E-state index in [4.69, 9.17) is 0 Å². The molecule has 17 heavy (non-hydrogen) atoms. The highest BCUT2D eigenvalue weighted by molar-refractivity contribution is 7.79. The van der Waals surface area contributed by atoms with E-state index in [9.17, 15) is 8.76 Å². The molecule has 2 rings (SSSR count). The first-order chi connectivity index (χ1) is 8.18. The van der Waals surface area contributed by atoms with Crippen LogP contribution in [0.15, 0.2) is 53.4 Å². The second kappa shape index (κ2) is 5.25. The van der Waals surface area contributed by atoms with E-state index in [1.54, 1.807) is 12.1 Å². The molecular weight excluding hydrogens is 232 g/mol. The van der Waals surface area contributed by atoms with Crippen molar-refractivity contribution in [3.05, 3.63) is 65.2 Å². The van der Waals surface area contributed by atoms with Crippen LogP contribution in [0.4, 0.5) is 0 Å². The number of hydrogen-bond acceptors (Lipinski definition) is 1. The molecule has 0 amide bonds. The molecule has 0 spiro atoms. The fraction of sp³-hybridized carbons (Fsp3) is 0.143. The van der Waals surface area contributed by atoms with E-state index in [-0.39, 0.29) is 0 Å². The zero-order valence-electron chi connectivity index (χ0n) is 9.59. The summed E-state index contributed by atoms with van der Waals surface area (Å²) in [5.74, 6) is 0. The lowest BCUT2D eigenvalue weighted by Crippen LogP contribution is -1.98. The van der Waals surface area contributed by atoms with Crippen LogP contribution in [0.25, 0.3) is 0 Å². The number of benzene rings is 2. The molecule has 2 aromatic rings. The van der Waals surface area contributed by atoms with E-state index >= 15 is 0 Å². The Hall–Kier alpha value is -1.45. The van der Waals surface area contributed by atoms with Gasteiger partial charge in [-0.2, -0.15) is 0 Å². The van der Waals surface area contributed by atoms with Crippen LogP contribution in [0.5, 0.6) is 0 Å². The lowest BCUT2D eigenvalue weighted by Gasteiger charge is -2.08. The fourth-order valence-corrected chi connectivity index (χ4v) is 2.39. The Morgan fingerprint density at radius 3 is 2.24 bits per heavy atom. The molecule has 1 atom stereocenters. The number of aryl methyl sites for hydroxylation is 1. The Morgan fingerprint density at radius 1 is 1.00 bits per heavy atom. The van der Waals surface area contributed by atoms with Crippen molar-refractivity contribution in [2.24, 2.45) is 0 Å². The van der Waals surface area contributed by atoms with E-state index in [1.807, 2.05) is 43.3 Å². The third kappa shape index (κ3) is 2.81. The van der Waals surface area contributed by atoms with Gasteiger partial charge < -0.3 is 4.55 Å². The van der Waals surface area contributed by atoms with Crippen LogP contribution in [0.1, 0.15) is 16.7 Å². The number of rotatable bonds is 3. The smallest absolute Gasteiger partial charge is 0.186 e. The summed E-state index contributed by atoms with van der Waals surface area (Å²) in [6.45, 7) is 2.05. The zero-order valence-corrected chi connectivity index (χ0v) is 10.4. The minimum Gasteiger partial charge on any atom is -0.302 e. The number of hydrogen-bond donors (Lipinski definition) is 1. The maximum absolute atomic E-state index is 11.2. The third-order valence-corrected chi connectivity index (χ3v) is 3.58. The Balaban J connectivity index is 2.37. The van der Waals surface area contributed by atoms with E-state index < -0.39 is 11.1 Å². The highest BCUT2D eigenvalue weighted by Gasteiger charge is 2.08. The molecule has 0 aliphatic carbocycles. The van der Waals surface area contributed by atoms with Gasteiger partial charge in [0.25, 0.3) is 0 Å². The zero-order chi connectivity index (χ0) is 12.3. The van der Waals surface area contributed by atoms with Crippen molar-refractivity contribution in [1.29, 1.82) is 0 Å². The average Bonchev–Trinajstić information content (AvgIpc) is 2.32. The van der Waals surface area contributed by atoms with Gasteiger partial charge in [-0.25, -0.2) is 4.21 Å². The van der Waals surface area contributed by atoms with Gasteiger partial charge in [0, 0.05) is 0 Å². The van der Waals surface area contributed by atoms with Gasteiger partial charge in [-0.3, -0.25) is 0 Å². The van der Waals surface area contributed by atoms with Gasteiger partial charge in [0.1, 0.15) is 0 Å². The Kier molecular flexibility index (Phi) is 3.71. The summed E-state index contributed by atoms with van der Waals surface area (Å²) in [5, 5.41) is 0. The molecule has 0 aliphatic rings. The summed E-state index contributed by atoms with van der Waals surface area (Å²) in [6.07, 6.45) is 0.690. The average molecular weight is 246 g/mol. The fourth-order valence-electron chi connectivity index (χ4n) is 1.83. The van der Waals surface area contributed by atoms with Gasteiger partial charge in [-0.15, -0.1) is 0 Å². The molecule has 0 aliphatic heterocycles. The van der Waals surface area contributed by atoms with Crippen LogP contribution in [-0.4, -0.2) is 8.76 Å². The molecular formula is C14H14O2S. The molecule has 0 bridgehead atoms. The molecule has 1 N–H and O–H groups in total. The molecule has 1 unspecified atom stereocenters. The largest absolute Gasteiger partial charge is 0.302 e. The summed E-state index contributed by atoms with van der Waals surface area (Å²) in [7, 11) is 0. The molecule has 0 saturated carbocycles. The van der Waals surface area contributed by atoms with Gasteiger partial charge in [-0.05, 0) is 36.1 Å². The molecule has 88 valence electrons. The normalized spacial score (nSPS) is 12.4. The standard InChI is InChI=1S/C14H14O2S/c1-11-6-2-3-7-12(11)10-13-8-4-5-9-14(13)17(15)16/h2-9H,10H2,1H3,(H,15,16). The Morgan fingerprint density at radius 2 is 1.59 bits per heavy atom. The summed E-state index contributed by atoms with van der Waals surface area (Å²) in [6, 6.07) is 15.4. The maximum atomic E-state index is 11.2. The van der Waals surface area contributed by atoms with Crippen molar-refractivity contribution < 1.29 is 8.76 Å². The summed E-state index contributed by atoms with van der Waals surface area (Å²) in [4.78, 5) is 0.496. The first-order valence-corrected chi connectivity index (χ1v) is 6.52. The maximum Gasteiger partial charge on any atom is 0.186 e. The predicted molar refractivity (Wildman–Crippen MR) is 69.5 cm³/mol. The summed E-state index contributed by atoms with van der Waals surface area (Å²) >= 11 is -1.92. The van der Waals surface area contributed by atoms with E-state index in [0.29, 0.717) is 11.3 Å². The van der Waals surface area contributed by atoms with Gasteiger partial charge in [0.2, 0.25) is 0 Å². The van der Waals surface area contributed by atoms with Gasteiger partial charge in [0.15, 0.2) is 11.1 Å². The van der Waals surface area contributed by atoms with E-state index in [0.717, 1.165) is 5.56 Å². The van der Waals surface area contributed by atoms with E-state index in [1.165, 1.54) is 11.1 Å². The lowest BCUT2D eigenvalue weighted by molar-refractivity contribution is 0.563. The summed E-state index contributed by atoms with van der Waals surface area (Å²) < 4.78 is 20.4.